The maximum Gasteiger partial charge on any atom is 0.162 e. The molecule has 0 amide bonds. The highest BCUT2D eigenvalue weighted by Crippen LogP contribution is 2.42. The van der Waals surface area contributed by atoms with Crippen LogP contribution >= 0.6 is 0 Å². The van der Waals surface area contributed by atoms with Gasteiger partial charge in [-0.2, -0.15) is 0 Å². The zero-order valence-corrected chi connectivity index (χ0v) is 15.9. The van der Waals surface area contributed by atoms with E-state index in [4.69, 9.17) is 13.8 Å². The lowest BCUT2D eigenvalue weighted by molar-refractivity contribution is 0.664. The van der Waals surface area contributed by atoms with Crippen molar-refractivity contribution >= 4 is 54.8 Å². The highest BCUT2D eigenvalue weighted by Gasteiger charge is 2.20. The van der Waals surface area contributed by atoms with E-state index in [9.17, 15) is 0 Å². The molecule has 3 nitrogen and oxygen atoms in total. The first-order valence-corrected chi connectivity index (χ1v) is 9.99. The molecule has 30 heavy (non-hydrogen) atoms. The fourth-order valence-electron chi connectivity index (χ4n) is 4.55. The van der Waals surface area contributed by atoms with Crippen molar-refractivity contribution in [2.45, 2.75) is 0 Å². The Hall–Kier alpha value is -4.11. The molecule has 0 atom stereocenters. The van der Waals surface area contributed by atoms with E-state index in [0.717, 1.165) is 66.0 Å². The van der Waals surface area contributed by atoms with Crippen molar-refractivity contribution in [1.82, 2.24) is 4.98 Å². The average molecular weight is 385 g/mol. The van der Waals surface area contributed by atoms with Gasteiger partial charge in [0.2, 0.25) is 0 Å². The molecule has 3 aromatic heterocycles. The van der Waals surface area contributed by atoms with E-state index in [0.29, 0.717) is 0 Å². The third-order valence-corrected chi connectivity index (χ3v) is 5.88. The summed E-state index contributed by atoms with van der Waals surface area (Å²) in [6.07, 6.45) is 0. The van der Waals surface area contributed by atoms with E-state index in [1.165, 1.54) is 0 Å². The fraction of sp³-hybridized carbons (Fsp3) is 0. The minimum atomic E-state index is 0.794. The summed E-state index contributed by atoms with van der Waals surface area (Å²) >= 11 is 0. The van der Waals surface area contributed by atoms with Gasteiger partial charge in [-0.3, -0.25) is 0 Å². The number of hydrogen-bond donors (Lipinski definition) is 0. The molecular weight excluding hydrogens is 370 g/mol. The average Bonchev–Trinajstić information content (AvgIpc) is 3.37. The Balaban J connectivity index is 1.70. The van der Waals surface area contributed by atoms with E-state index in [2.05, 4.69) is 42.5 Å². The lowest BCUT2D eigenvalue weighted by atomic mass is 10.0. The predicted molar refractivity (Wildman–Crippen MR) is 122 cm³/mol. The minimum absolute atomic E-state index is 0.794. The molecule has 0 bridgehead atoms. The normalized spacial score (nSPS) is 12.0. The van der Waals surface area contributed by atoms with Crippen molar-refractivity contribution in [2.75, 3.05) is 0 Å². The maximum absolute atomic E-state index is 6.36. The third kappa shape index (κ3) is 2.01. The second kappa shape index (κ2) is 5.71. The van der Waals surface area contributed by atoms with Gasteiger partial charge in [0, 0.05) is 32.5 Å². The number of hydrogen-bond acceptors (Lipinski definition) is 3. The molecule has 0 N–H and O–H groups in total. The van der Waals surface area contributed by atoms with Crippen molar-refractivity contribution in [3.63, 3.8) is 0 Å². The Morgan fingerprint density at radius 2 is 1.13 bits per heavy atom. The van der Waals surface area contributed by atoms with Gasteiger partial charge in [0.15, 0.2) is 5.58 Å². The lowest BCUT2D eigenvalue weighted by Crippen LogP contribution is -1.88. The number of para-hydroxylation sites is 4. The number of fused-ring (bicyclic) bond motifs is 8. The monoisotopic (exact) mass is 385 g/mol. The molecule has 0 saturated carbocycles. The molecule has 0 aliphatic rings. The van der Waals surface area contributed by atoms with Crippen LogP contribution in [0, 0.1) is 0 Å². The molecule has 140 valence electrons. The quantitative estimate of drug-likeness (QED) is 0.291. The summed E-state index contributed by atoms with van der Waals surface area (Å²) in [4.78, 5) is 5.04. The fourth-order valence-corrected chi connectivity index (χ4v) is 4.55. The van der Waals surface area contributed by atoms with Crippen LogP contribution in [0.5, 0.6) is 0 Å². The van der Waals surface area contributed by atoms with Crippen molar-refractivity contribution < 1.29 is 8.83 Å². The number of benzene rings is 4. The van der Waals surface area contributed by atoms with Crippen LogP contribution < -0.4 is 0 Å². The SMILES string of the molecule is c1ccc2c(c1)nc(-c1cccc3c1oc1ccccc13)c1oc3ccccc3c12. The molecule has 3 heteroatoms. The van der Waals surface area contributed by atoms with E-state index >= 15 is 0 Å². The van der Waals surface area contributed by atoms with Gasteiger partial charge >= 0.3 is 0 Å². The van der Waals surface area contributed by atoms with Crippen LogP contribution in [0.4, 0.5) is 0 Å². The highest BCUT2D eigenvalue weighted by molar-refractivity contribution is 6.22. The van der Waals surface area contributed by atoms with Gasteiger partial charge in [-0.1, -0.05) is 66.7 Å². The summed E-state index contributed by atoms with van der Waals surface area (Å²) in [5, 5.41) is 5.49. The number of aromatic nitrogens is 1. The summed E-state index contributed by atoms with van der Waals surface area (Å²) in [5.74, 6) is 0. The van der Waals surface area contributed by atoms with E-state index < -0.39 is 0 Å². The predicted octanol–water partition coefficient (Wildman–Crippen LogP) is 7.70. The second-order valence-electron chi connectivity index (χ2n) is 7.56. The van der Waals surface area contributed by atoms with Crippen LogP contribution in [0.2, 0.25) is 0 Å². The largest absolute Gasteiger partial charge is 0.455 e. The Morgan fingerprint density at radius 3 is 2.00 bits per heavy atom. The van der Waals surface area contributed by atoms with Crippen molar-refractivity contribution in [2.24, 2.45) is 0 Å². The molecule has 7 rings (SSSR count). The first-order valence-electron chi connectivity index (χ1n) is 9.99. The molecule has 0 aliphatic heterocycles. The van der Waals surface area contributed by atoms with Gasteiger partial charge in [0.25, 0.3) is 0 Å². The van der Waals surface area contributed by atoms with E-state index in [1.807, 2.05) is 48.5 Å². The van der Waals surface area contributed by atoms with Crippen LogP contribution in [0.25, 0.3) is 66.0 Å². The maximum atomic E-state index is 6.36. The second-order valence-corrected chi connectivity index (χ2v) is 7.56. The number of rotatable bonds is 1. The number of furan rings is 2. The molecule has 0 spiro atoms. The Labute approximate surface area is 171 Å². The van der Waals surface area contributed by atoms with Gasteiger partial charge in [-0.05, 0) is 24.3 Å². The van der Waals surface area contributed by atoms with Crippen LogP contribution in [-0.2, 0) is 0 Å². The van der Waals surface area contributed by atoms with Crippen LogP contribution in [0.15, 0.2) is 99.8 Å². The molecule has 0 fully saturated rings. The highest BCUT2D eigenvalue weighted by atomic mass is 16.3. The summed E-state index contributed by atoms with van der Waals surface area (Å²) in [6.45, 7) is 0. The zero-order chi connectivity index (χ0) is 19.7. The molecule has 0 saturated heterocycles. The first kappa shape index (κ1) is 15.8. The Morgan fingerprint density at radius 1 is 0.500 bits per heavy atom. The van der Waals surface area contributed by atoms with Gasteiger partial charge in [0.05, 0.1) is 5.52 Å². The van der Waals surface area contributed by atoms with Crippen LogP contribution in [0.3, 0.4) is 0 Å². The first-order chi connectivity index (χ1) is 14.9. The van der Waals surface area contributed by atoms with Crippen molar-refractivity contribution in [3.05, 3.63) is 91.0 Å². The Bertz CT molecular complexity index is 1750. The van der Waals surface area contributed by atoms with Gasteiger partial charge < -0.3 is 8.83 Å². The van der Waals surface area contributed by atoms with Crippen molar-refractivity contribution in [3.8, 4) is 11.3 Å². The van der Waals surface area contributed by atoms with Gasteiger partial charge in [-0.25, -0.2) is 4.98 Å². The van der Waals surface area contributed by atoms with E-state index in [-0.39, 0.29) is 0 Å². The zero-order valence-electron chi connectivity index (χ0n) is 15.9. The molecule has 7 aromatic rings. The minimum Gasteiger partial charge on any atom is -0.455 e. The lowest BCUT2D eigenvalue weighted by Gasteiger charge is -2.06. The molecule has 4 aromatic carbocycles. The van der Waals surface area contributed by atoms with Gasteiger partial charge in [-0.15, -0.1) is 0 Å². The topological polar surface area (TPSA) is 39.2 Å². The molecule has 0 radical (unpaired) electrons. The van der Waals surface area contributed by atoms with Crippen molar-refractivity contribution in [1.29, 1.82) is 0 Å². The number of nitrogens with zero attached hydrogens (tertiary/aromatic N) is 1. The summed E-state index contributed by atoms with van der Waals surface area (Å²) in [6, 6.07) is 30.8. The van der Waals surface area contributed by atoms with Crippen LogP contribution in [-0.4, -0.2) is 4.98 Å². The molecule has 0 aliphatic carbocycles. The summed E-state index contributed by atoms with van der Waals surface area (Å²) in [7, 11) is 0. The molecule has 0 unspecified atom stereocenters. The Kier molecular flexibility index (Phi) is 3.00. The van der Waals surface area contributed by atoms with Crippen LogP contribution in [0.1, 0.15) is 0 Å². The summed E-state index contributed by atoms with van der Waals surface area (Å²) < 4.78 is 12.7. The third-order valence-electron chi connectivity index (χ3n) is 5.88. The molecule has 3 heterocycles. The van der Waals surface area contributed by atoms with E-state index in [1.54, 1.807) is 0 Å². The smallest absolute Gasteiger partial charge is 0.162 e. The summed E-state index contributed by atoms with van der Waals surface area (Å²) in [5.41, 5.74) is 6.07. The standard InChI is InChI=1S/C27H15NO2/c1-4-13-21-18(9-1)24-19-10-3-6-15-23(19)30-27(24)25(28-21)20-12-7-11-17-16-8-2-5-14-22(16)29-26(17)20/h1-15H. The molecular formula is C27H15NO2. The van der Waals surface area contributed by atoms with Gasteiger partial charge in [0.1, 0.15) is 22.4 Å². The number of pyridine rings is 1.